The molecule has 6 heteroatoms. The number of hydrogen-bond donors (Lipinski definition) is 1. The van der Waals surface area contributed by atoms with Gasteiger partial charge in [-0.05, 0) is 31.0 Å². The minimum absolute atomic E-state index is 0.432. The van der Waals surface area contributed by atoms with Crippen molar-refractivity contribution < 1.29 is 0 Å². The Labute approximate surface area is 122 Å². The molecule has 0 aliphatic heterocycles. The molecule has 2 aromatic heterocycles. The second kappa shape index (κ2) is 6.11. The monoisotopic (exact) mass is 287 g/mol. The number of aromatic nitrogens is 4. The quantitative estimate of drug-likeness (QED) is 0.756. The Morgan fingerprint density at radius 2 is 2.25 bits per heavy atom. The fourth-order valence-corrected chi connectivity index (χ4v) is 2.72. The second-order valence-electron chi connectivity index (χ2n) is 4.89. The third-order valence-corrected chi connectivity index (χ3v) is 3.90. The average molecular weight is 287 g/mol. The van der Waals surface area contributed by atoms with Gasteiger partial charge in [-0.25, -0.2) is 0 Å². The molecule has 0 fully saturated rings. The highest BCUT2D eigenvalue weighted by Gasteiger charge is 2.07. The molecule has 0 saturated heterocycles. The summed E-state index contributed by atoms with van der Waals surface area (Å²) in [5, 5.41) is 7.75. The Kier molecular flexibility index (Phi) is 4.03. The maximum atomic E-state index is 4.36. The van der Waals surface area contributed by atoms with Crippen molar-refractivity contribution in [3.8, 4) is 0 Å². The number of benzene rings is 1. The molecular formula is C14H17N5S. The van der Waals surface area contributed by atoms with Crippen molar-refractivity contribution in [3.63, 3.8) is 0 Å². The van der Waals surface area contributed by atoms with Crippen molar-refractivity contribution in [2.45, 2.75) is 32.5 Å². The van der Waals surface area contributed by atoms with Crippen LogP contribution in [0.15, 0.2) is 36.7 Å². The van der Waals surface area contributed by atoms with Gasteiger partial charge >= 0.3 is 0 Å². The fraction of sp³-hybridized carbons (Fsp3) is 0.357. The molecule has 1 aromatic carbocycles. The summed E-state index contributed by atoms with van der Waals surface area (Å²) in [4.78, 5) is 0. The lowest BCUT2D eigenvalue weighted by Gasteiger charge is -2.14. The number of rotatable bonds is 6. The van der Waals surface area contributed by atoms with Gasteiger partial charge in [0.05, 0.1) is 11.7 Å². The number of hydrogen-bond acceptors (Lipinski definition) is 5. The molecule has 0 radical (unpaired) electrons. The van der Waals surface area contributed by atoms with Crippen LogP contribution in [0.1, 0.15) is 18.9 Å². The van der Waals surface area contributed by atoms with Gasteiger partial charge in [0.1, 0.15) is 11.0 Å². The molecule has 1 N–H and O–H groups in total. The summed E-state index contributed by atoms with van der Waals surface area (Å²) in [5.41, 5.74) is 3.21. The first-order chi connectivity index (χ1) is 9.83. The maximum Gasteiger partial charge on any atom is 0.109 e. The maximum absolute atomic E-state index is 4.36. The van der Waals surface area contributed by atoms with Crippen LogP contribution in [0.25, 0.3) is 11.0 Å². The van der Waals surface area contributed by atoms with E-state index < -0.39 is 0 Å². The van der Waals surface area contributed by atoms with Crippen LogP contribution in [0, 0.1) is 0 Å². The van der Waals surface area contributed by atoms with Crippen molar-refractivity contribution in [1.29, 1.82) is 0 Å². The Morgan fingerprint density at radius 3 is 3.10 bits per heavy atom. The summed E-state index contributed by atoms with van der Waals surface area (Å²) in [6.45, 7) is 3.95. The third kappa shape index (κ3) is 3.02. The summed E-state index contributed by atoms with van der Waals surface area (Å²) in [6, 6.07) is 8.53. The van der Waals surface area contributed by atoms with E-state index in [1.54, 1.807) is 0 Å². The molecule has 1 atom stereocenters. The zero-order valence-corrected chi connectivity index (χ0v) is 12.2. The van der Waals surface area contributed by atoms with E-state index in [0.29, 0.717) is 6.04 Å². The number of nitrogens with zero attached hydrogens (tertiary/aromatic N) is 4. The number of aryl methyl sites for hydroxylation is 1. The van der Waals surface area contributed by atoms with Gasteiger partial charge in [0.25, 0.3) is 0 Å². The lowest BCUT2D eigenvalue weighted by atomic mass is 10.1. The van der Waals surface area contributed by atoms with Gasteiger partial charge in [0.2, 0.25) is 0 Å². The van der Waals surface area contributed by atoms with Crippen LogP contribution in [0.5, 0.6) is 0 Å². The topological polar surface area (TPSA) is 55.6 Å². The molecule has 2 heterocycles. The summed E-state index contributed by atoms with van der Waals surface area (Å²) < 4.78 is 10.6. The van der Waals surface area contributed by atoms with Gasteiger partial charge in [0, 0.05) is 31.5 Å². The predicted molar refractivity (Wildman–Crippen MR) is 80.6 cm³/mol. The third-order valence-electron chi connectivity index (χ3n) is 3.36. The van der Waals surface area contributed by atoms with Gasteiger partial charge in [-0.15, -0.1) is 0 Å². The van der Waals surface area contributed by atoms with E-state index in [-0.39, 0.29) is 0 Å². The highest BCUT2D eigenvalue weighted by Crippen LogP contribution is 2.16. The minimum atomic E-state index is 0.432. The zero-order chi connectivity index (χ0) is 13.8. The van der Waals surface area contributed by atoms with Gasteiger partial charge < -0.3 is 5.32 Å². The van der Waals surface area contributed by atoms with Crippen LogP contribution in [0.4, 0.5) is 0 Å². The van der Waals surface area contributed by atoms with Gasteiger partial charge in [-0.2, -0.15) is 13.8 Å². The van der Waals surface area contributed by atoms with Crippen molar-refractivity contribution in [2.75, 3.05) is 0 Å². The first-order valence-corrected chi connectivity index (χ1v) is 7.47. The smallest absolute Gasteiger partial charge is 0.109 e. The zero-order valence-electron chi connectivity index (χ0n) is 11.4. The van der Waals surface area contributed by atoms with Crippen molar-refractivity contribution in [1.82, 2.24) is 23.8 Å². The predicted octanol–water partition coefficient (Wildman–Crippen LogP) is 2.46. The lowest BCUT2D eigenvalue weighted by molar-refractivity contribution is 0.458. The first kappa shape index (κ1) is 13.2. The van der Waals surface area contributed by atoms with Crippen LogP contribution in [-0.4, -0.2) is 24.6 Å². The van der Waals surface area contributed by atoms with Crippen LogP contribution in [0.3, 0.4) is 0 Å². The summed E-state index contributed by atoms with van der Waals surface area (Å²) in [5.74, 6) is 0. The largest absolute Gasteiger partial charge is 0.310 e. The van der Waals surface area contributed by atoms with Crippen LogP contribution in [0.2, 0.25) is 0 Å². The first-order valence-electron chi connectivity index (χ1n) is 6.74. The van der Waals surface area contributed by atoms with E-state index in [2.05, 4.69) is 32.2 Å². The standard InChI is InChI=1S/C14H17N5S/c1-11(6-9-19-8-3-7-16-19)15-10-12-4-2-5-13-14(12)18-20-17-13/h2-5,7-8,11,15H,6,9-10H2,1H3. The minimum Gasteiger partial charge on any atom is -0.310 e. The van der Waals surface area contributed by atoms with Crippen LogP contribution >= 0.6 is 11.7 Å². The molecule has 1 unspecified atom stereocenters. The van der Waals surface area contributed by atoms with Crippen molar-refractivity contribution >= 4 is 22.8 Å². The van der Waals surface area contributed by atoms with E-state index in [1.807, 2.05) is 35.3 Å². The second-order valence-corrected chi connectivity index (χ2v) is 5.42. The number of nitrogens with one attached hydrogen (secondary N) is 1. The molecule has 0 spiro atoms. The van der Waals surface area contributed by atoms with Crippen LogP contribution < -0.4 is 5.32 Å². The Bertz CT molecular complexity index is 661. The SMILES string of the molecule is CC(CCn1cccn1)NCc1cccc2nsnc12. The van der Waals surface area contributed by atoms with E-state index in [9.17, 15) is 0 Å². The molecule has 0 bridgehead atoms. The van der Waals surface area contributed by atoms with Gasteiger partial charge in [-0.3, -0.25) is 4.68 Å². The average Bonchev–Trinajstić information content (AvgIpc) is 3.13. The molecule has 3 aromatic rings. The summed E-state index contributed by atoms with van der Waals surface area (Å²) in [7, 11) is 0. The van der Waals surface area contributed by atoms with Crippen LogP contribution in [-0.2, 0) is 13.1 Å². The molecule has 20 heavy (non-hydrogen) atoms. The van der Waals surface area contributed by atoms with Gasteiger partial charge in [-0.1, -0.05) is 12.1 Å². The Hall–Kier alpha value is -1.79. The molecule has 5 nitrogen and oxygen atoms in total. The van der Waals surface area contributed by atoms with E-state index >= 15 is 0 Å². The fourth-order valence-electron chi connectivity index (χ4n) is 2.15. The lowest BCUT2D eigenvalue weighted by Crippen LogP contribution is -2.27. The molecule has 0 saturated carbocycles. The normalized spacial score (nSPS) is 12.8. The Morgan fingerprint density at radius 1 is 1.30 bits per heavy atom. The Balaban J connectivity index is 1.55. The highest BCUT2D eigenvalue weighted by molar-refractivity contribution is 7.00. The van der Waals surface area contributed by atoms with E-state index in [1.165, 1.54) is 17.3 Å². The molecule has 0 amide bonds. The van der Waals surface area contributed by atoms with Crippen molar-refractivity contribution in [2.24, 2.45) is 0 Å². The molecule has 104 valence electrons. The molecule has 0 aliphatic carbocycles. The molecule has 0 aliphatic rings. The van der Waals surface area contributed by atoms with E-state index in [0.717, 1.165) is 30.5 Å². The van der Waals surface area contributed by atoms with Crippen molar-refractivity contribution in [3.05, 3.63) is 42.2 Å². The summed E-state index contributed by atoms with van der Waals surface area (Å²) in [6.07, 6.45) is 4.86. The van der Waals surface area contributed by atoms with Gasteiger partial charge in [0.15, 0.2) is 0 Å². The summed E-state index contributed by atoms with van der Waals surface area (Å²) >= 11 is 1.27. The molecule has 3 rings (SSSR count). The highest BCUT2D eigenvalue weighted by atomic mass is 32.1. The van der Waals surface area contributed by atoms with E-state index in [4.69, 9.17) is 0 Å². The number of fused-ring (bicyclic) bond motifs is 1. The molecular weight excluding hydrogens is 270 g/mol.